The van der Waals surface area contributed by atoms with E-state index in [9.17, 15) is 0 Å². The van der Waals surface area contributed by atoms with Gasteiger partial charge in [-0.25, -0.2) is 0 Å². The Labute approximate surface area is 95.9 Å². The van der Waals surface area contributed by atoms with E-state index in [-0.39, 0.29) is 12.6 Å². The standard InChI is InChI=1S/C12H17ClO2/c1-8-14-11(15-8)5-4-9-6-12(2,3)7-10(9)13/h4-5,8,11H,6-7H2,1-3H3/b5-4+. The molecule has 1 fully saturated rings. The Balaban J connectivity index is 1.92. The normalized spacial score (nSPS) is 34.9. The first kappa shape index (κ1) is 11.2. The molecule has 0 atom stereocenters. The Kier molecular flexibility index (Phi) is 2.93. The maximum atomic E-state index is 6.18. The van der Waals surface area contributed by atoms with Crippen molar-refractivity contribution in [3.8, 4) is 0 Å². The molecule has 1 aliphatic carbocycles. The molecule has 2 nitrogen and oxygen atoms in total. The summed E-state index contributed by atoms with van der Waals surface area (Å²) >= 11 is 6.18. The number of ether oxygens (including phenoxy) is 2. The average Bonchev–Trinajstić information content (AvgIpc) is 2.31. The summed E-state index contributed by atoms with van der Waals surface area (Å²) in [6.07, 6.45) is 5.72. The molecular weight excluding hydrogens is 212 g/mol. The molecule has 2 rings (SSSR count). The fourth-order valence-corrected chi connectivity index (χ4v) is 2.52. The summed E-state index contributed by atoms with van der Waals surface area (Å²) < 4.78 is 10.6. The number of allylic oxidation sites excluding steroid dienone is 3. The summed E-state index contributed by atoms with van der Waals surface area (Å²) in [5.74, 6) is 0. The van der Waals surface area contributed by atoms with E-state index in [2.05, 4.69) is 13.8 Å². The van der Waals surface area contributed by atoms with Gasteiger partial charge in [-0.3, -0.25) is 0 Å². The smallest absolute Gasteiger partial charge is 0.183 e. The zero-order valence-corrected chi connectivity index (χ0v) is 10.2. The zero-order chi connectivity index (χ0) is 11.1. The van der Waals surface area contributed by atoms with Crippen molar-refractivity contribution in [3.63, 3.8) is 0 Å². The molecule has 0 radical (unpaired) electrons. The Morgan fingerprint density at radius 2 is 2.00 bits per heavy atom. The van der Waals surface area contributed by atoms with E-state index in [4.69, 9.17) is 21.1 Å². The molecule has 3 heteroatoms. The number of rotatable bonds is 2. The Bertz CT molecular complexity index is 312. The van der Waals surface area contributed by atoms with Crippen molar-refractivity contribution in [1.29, 1.82) is 0 Å². The van der Waals surface area contributed by atoms with Crippen LogP contribution in [-0.2, 0) is 9.47 Å². The van der Waals surface area contributed by atoms with E-state index in [0.717, 1.165) is 17.9 Å². The third kappa shape index (κ3) is 2.63. The molecule has 0 saturated carbocycles. The first-order valence-electron chi connectivity index (χ1n) is 5.33. The lowest BCUT2D eigenvalue weighted by molar-refractivity contribution is -0.354. The van der Waals surface area contributed by atoms with Crippen LogP contribution < -0.4 is 0 Å². The second kappa shape index (κ2) is 3.93. The third-order valence-corrected chi connectivity index (χ3v) is 3.13. The van der Waals surface area contributed by atoms with Crippen LogP contribution in [0.15, 0.2) is 22.8 Å². The molecule has 1 saturated heterocycles. The van der Waals surface area contributed by atoms with Gasteiger partial charge in [0.15, 0.2) is 12.6 Å². The number of halogens is 1. The molecule has 0 amide bonds. The maximum Gasteiger partial charge on any atom is 0.183 e. The minimum atomic E-state index is -0.180. The molecule has 0 N–H and O–H groups in total. The Morgan fingerprint density at radius 3 is 2.47 bits per heavy atom. The highest BCUT2D eigenvalue weighted by atomic mass is 35.5. The van der Waals surface area contributed by atoms with E-state index >= 15 is 0 Å². The van der Waals surface area contributed by atoms with Gasteiger partial charge in [0, 0.05) is 5.03 Å². The molecule has 0 aromatic rings. The van der Waals surface area contributed by atoms with E-state index in [1.165, 1.54) is 5.57 Å². The summed E-state index contributed by atoms with van der Waals surface area (Å²) in [6, 6.07) is 0. The van der Waals surface area contributed by atoms with Crippen LogP contribution in [0, 0.1) is 5.41 Å². The molecular formula is C12H17ClO2. The lowest BCUT2D eigenvalue weighted by Gasteiger charge is -2.31. The fraction of sp³-hybridized carbons (Fsp3) is 0.667. The van der Waals surface area contributed by atoms with Gasteiger partial charge in [-0.1, -0.05) is 31.5 Å². The molecule has 0 unspecified atom stereocenters. The summed E-state index contributed by atoms with van der Waals surface area (Å²) in [5, 5.41) is 0.976. The first-order chi connectivity index (χ1) is 6.96. The summed E-state index contributed by atoms with van der Waals surface area (Å²) in [5.41, 5.74) is 1.51. The molecule has 1 heterocycles. The first-order valence-corrected chi connectivity index (χ1v) is 5.71. The largest absolute Gasteiger partial charge is 0.320 e. The van der Waals surface area contributed by atoms with Gasteiger partial charge >= 0.3 is 0 Å². The van der Waals surface area contributed by atoms with Gasteiger partial charge in [0.2, 0.25) is 0 Å². The monoisotopic (exact) mass is 228 g/mol. The van der Waals surface area contributed by atoms with Crippen LogP contribution in [0.1, 0.15) is 33.6 Å². The quantitative estimate of drug-likeness (QED) is 0.719. The van der Waals surface area contributed by atoms with Gasteiger partial charge < -0.3 is 9.47 Å². The predicted molar refractivity (Wildman–Crippen MR) is 60.5 cm³/mol. The van der Waals surface area contributed by atoms with Crippen LogP contribution in [0.2, 0.25) is 0 Å². The molecule has 84 valence electrons. The van der Waals surface area contributed by atoms with Crippen molar-refractivity contribution in [3.05, 3.63) is 22.8 Å². The van der Waals surface area contributed by atoms with Crippen LogP contribution in [0.25, 0.3) is 0 Å². The molecule has 0 aromatic carbocycles. The summed E-state index contributed by atoms with van der Waals surface area (Å²) in [6.45, 7) is 6.35. The topological polar surface area (TPSA) is 18.5 Å². The predicted octanol–water partition coefficient (Wildman–Crippen LogP) is 3.57. The van der Waals surface area contributed by atoms with Gasteiger partial charge in [-0.2, -0.15) is 0 Å². The van der Waals surface area contributed by atoms with Crippen LogP contribution >= 0.6 is 11.6 Å². The highest BCUT2D eigenvalue weighted by Crippen LogP contribution is 2.43. The van der Waals surface area contributed by atoms with Gasteiger partial charge in [0.05, 0.1) is 0 Å². The second-order valence-corrected chi connectivity index (χ2v) is 5.47. The van der Waals surface area contributed by atoms with Crippen molar-refractivity contribution in [2.75, 3.05) is 0 Å². The molecule has 1 aliphatic heterocycles. The van der Waals surface area contributed by atoms with E-state index < -0.39 is 0 Å². The van der Waals surface area contributed by atoms with Crippen LogP contribution in [0.3, 0.4) is 0 Å². The zero-order valence-electron chi connectivity index (χ0n) is 9.42. The van der Waals surface area contributed by atoms with Crippen molar-refractivity contribution in [2.24, 2.45) is 5.41 Å². The van der Waals surface area contributed by atoms with E-state index in [1.54, 1.807) is 0 Å². The van der Waals surface area contributed by atoms with Crippen molar-refractivity contribution < 1.29 is 9.47 Å². The number of hydrogen-bond donors (Lipinski definition) is 0. The minimum Gasteiger partial charge on any atom is -0.320 e. The molecule has 0 aromatic heterocycles. The van der Waals surface area contributed by atoms with Gasteiger partial charge in [-0.15, -0.1) is 0 Å². The highest BCUT2D eigenvalue weighted by molar-refractivity contribution is 6.30. The fourth-order valence-electron chi connectivity index (χ4n) is 2.03. The lowest BCUT2D eigenvalue weighted by Crippen LogP contribution is -2.36. The number of hydrogen-bond acceptors (Lipinski definition) is 2. The van der Waals surface area contributed by atoms with Crippen molar-refractivity contribution >= 4 is 11.6 Å². The van der Waals surface area contributed by atoms with Gasteiger partial charge in [-0.05, 0) is 36.8 Å². The van der Waals surface area contributed by atoms with Crippen LogP contribution in [0.5, 0.6) is 0 Å². The third-order valence-electron chi connectivity index (χ3n) is 2.76. The van der Waals surface area contributed by atoms with E-state index in [1.807, 2.05) is 19.1 Å². The Hall–Kier alpha value is -0.310. The summed E-state index contributed by atoms with van der Waals surface area (Å²) in [7, 11) is 0. The Morgan fingerprint density at radius 1 is 1.33 bits per heavy atom. The van der Waals surface area contributed by atoms with Crippen molar-refractivity contribution in [1.82, 2.24) is 0 Å². The van der Waals surface area contributed by atoms with Gasteiger partial charge in [0.1, 0.15) is 0 Å². The van der Waals surface area contributed by atoms with Crippen LogP contribution in [0.4, 0.5) is 0 Å². The van der Waals surface area contributed by atoms with Gasteiger partial charge in [0.25, 0.3) is 0 Å². The van der Waals surface area contributed by atoms with Crippen LogP contribution in [-0.4, -0.2) is 12.6 Å². The highest BCUT2D eigenvalue weighted by Gasteiger charge is 2.29. The minimum absolute atomic E-state index is 0.0656. The average molecular weight is 229 g/mol. The molecule has 15 heavy (non-hydrogen) atoms. The second-order valence-electron chi connectivity index (χ2n) is 5.02. The maximum absolute atomic E-state index is 6.18. The molecule has 0 bridgehead atoms. The summed E-state index contributed by atoms with van der Waals surface area (Å²) in [4.78, 5) is 0. The molecule has 0 spiro atoms. The SMILES string of the molecule is CC1OC(/C=C/C2=C(Cl)CC(C)(C)C2)O1. The van der Waals surface area contributed by atoms with Crippen molar-refractivity contribution in [2.45, 2.75) is 46.2 Å². The lowest BCUT2D eigenvalue weighted by atomic mass is 9.89. The molecule has 2 aliphatic rings. The van der Waals surface area contributed by atoms with E-state index in [0.29, 0.717) is 5.41 Å².